The summed E-state index contributed by atoms with van der Waals surface area (Å²) in [4.78, 5) is 6.48. The number of nitrogens with one attached hydrogen (secondary N) is 1. The third kappa shape index (κ3) is 5.63. The summed E-state index contributed by atoms with van der Waals surface area (Å²) in [6.07, 6.45) is 1.97. The molecule has 0 radical (unpaired) electrons. The monoisotopic (exact) mass is 839 g/mol. The van der Waals surface area contributed by atoms with Gasteiger partial charge < -0.3 is 9.88 Å². The summed E-state index contributed by atoms with van der Waals surface area (Å²) in [5, 5.41) is 10.7. The number of nitrogens with zero attached hydrogens (tertiary/aromatic N) is 2. The number of rotatable bonds is 3. The molecule has 0 spiro atoms. The minimum Gasteiger partial charge on any atom is -0.364 e. The lowest BCUT2D eigenvalue weighted by molar-refractivity contribution is 0.789. The van der Waals surface area contributed by atoms with Gasteiger partial charge in [0.25, 0.3) is 0 Å². The van der Waals surface area contributed by atoms with E-state index >= 15 is 0 Å². The summed E-state index contributed by atoms with van der Waals surface area (Å²) in [6.45, 7) is 0. The van der Waals surface area contributed by atoms with E-state index in [2.05, 4.69) is 177 Å². The highest BCUT2D eigenvalue weighted by atomic mass is 32.1. The van der Waals surface area contributed by atoms with Crippen LogP contribution in [0.2, 0.25) is 0 Å². The molecule has 64 heavy (non-hydrogen) atoms. The number of aromatic nitrogens is 1. The first-order chi connectivity index (χ1) is 30.2. The highest BCUT2D eigenvalue weighted by Crippen LogP contribution is 2.45. The zero-order valence-electron chi connectivity index (χ0n) is 41.6. The van der Waals surface area contributed by atoms with Gasteiger partial charge >= 0.3 is 0 Å². The Morgan fingerprint density at radius 3 is 1.48 bits per heavy atom. The number of hydrogen-bond acceptors (Lipinski definition) is 4. The predicted octanol–water partition coefficient (Wildman–Crippen LogP) is -21.7. The largest absolute Gasteiger partial charge is 0.364 e. The molecule has 0 bridgehead atoms. The Kier molecular flexibility index (Phi) is 10.3. The summed E-state index contributed by atoms with van der Waals surface area (Å²) < 4.78 is 6.73. The molecule has 0 aliphatic carbocycles. The van der Waals surface area contributed by atoms with Crippen molar-refractivity contribution in [2.45, 2.75) is 6.04 Å². The van der Waals surface area contributed by atoms with Gasteiger partial charge in [-0.15, -0.1) is 55.5 Å². The molecule has 10 rings (SSSR count). The van der Waals surface area contributed by atoms with Crippen molar-refractivity contribution >= 4 is 340 Å². The number of thiophene rings is 2. The van der Waals surface area contributed by atoms with Crippen LogP contribution in [0.5, 0.6) is 0 Å². The van der Waals surface area contributed by atoms with Crippen LogP contribution in [0.1, 0.15) is 16.5 Å². The molecule has 1 atom stereocenters. The lowest BCUT2D eigenvalue weighted by atomic mass is 9.59. The fourth-order valence-electron chi connectivity index (χ4n) is 12.0. The third-order valence-corrected chi connectivity index (χ3v) is 19.8. The third-order valence-electron chi connectivity index (χ3n) is 17.3. The quantitative estimate of drug-likeness (QED) is 0.177. The average molecular weight is 836 g/mol. The molecule has 3 aromatic heterocycles. The summed E-state index contributed by atoms with van der Waals surface area (Å²) in [5.41, 5.74) is 35.5. The van der Waals surface area contributed by atoms with E-state index in [4.69, 9.17) is 4.99 Å². The van der Waals surface area contributed by atoms with Gasteiger partial charge in [-0.05, 0) is 56.4 Å². The number of hydrogen-bond donors (Lipinski definition) is 1. The maximum atomic E-state index is 5.20. The SMILES string of the molecule is Bc1c(B)c(-c2c(B)c(B)c(B)c3c2sc2c(B)c(B)c(B)c(B)c23)c(B)c(C2NC=Nc3c2sc2ccc(-n4c5c(B)c(B)c(B)c(B)c5c5c(B)c(B)c(B)c(B)c54)cc32)c1B. The van der Waals surface area contributed by atoms with Crippen molar-refractivity contribution in [1.82, 2.24) is 9.88 Å². The number of aliphatic imine (C=N–C) groups is 1. The molecule has 9 aromatic rings. The molecule has 6 aromatic carbocycles. The molecule has 24 heteroatoms. The van der Waals surface area contributed by atoms with Crippen LogP contribution in [0.4, 0.5) is 5.69 Å². The van der Waals surface area contributed by atoms with Crippen molar-refractivity contribution in [1.29, 1.82) is 0 Å². The first kappa shape index (κ1) is 43.9. The molecule has 4 heterocycles. The van der Waals surface area contributed by atoms with Crippen molar-refractivity contribution in [2.75, 3.05) is 0 Å². The van der Waals surface area contributed by atoms with Gasteiger partial charge in [0.15, 0.2) is 0 Å². The minimum atomic E-state index is -0.0229. The van der Waals surface area contributed by atoms with Gasteiger partial charge in [0.1, 0.15) is 149 Å². The van der Waals surface area contributed by atoms with Crippen LogP contribution < -0.4 is 109 Å². The number of fused-ring (bicyclic) bond motifs is 9. The van der Waals surface area contributed by atoms with E-state index in [0.29, 0.717) is 0 Å². The van der Waals surface area contributed by atoms with Crippen LogP contribution >= 0.6 is 22.7 Å². The van der Waals surface area contributed by atoms with E-state index in [0.717, 1.165) is 5.69 Å². The predicted molar refractivity (Wildman–Crippen MR) is 349 cm³/mol. The fourth-order valence-corrected chi connectivity index (χ4v) is 14.7. The zero-order chi connectivity index (χ0) is 46.0. The Morgan fingerprint density at radius 1 is 0.438 bits per heavy atom. The second kappa shape index (κ2) is 15.0. The molecule has 1 aliphatic heterocycles. The normalized spacial score (nSPS) is 13.8. The highest BCUT2D eigenvalue weighted by molar-refractivity contribution is 7.28. The first-order valence-corrected chi connectivity index (χ1v) is 24.7. The Hall–Kier alpha value is -4.00. The topological polar surface area (TPSA) is 29.3 Å². The minimum absolute atomic E-state index is 0.0229. The molecule has 0 amide bonds. The van der Waals surface area contributed by atoms with Crippen LogP contribution in [0.15, 0.2) is 23.2 Å². The van der Waals surface area contributed by atoms with E-state index in [1.807, 2.05) is 29.0 Å². The van der Waals surface area contributed by atoms with Gasteiger partial charge in [0.05, 0.1) is 22.9 Å². The molecule has 1 unspecified atom stereocenters. The van der Waals surface area contributed by atoms with E-state index in [1.165, 1.54) is 183 Å². The van der Waals surface area contributed by atoms with Crippen molar-refractivity contribution in [3.63, 3.8) is 0 Å². The van der Waals surface area contributed by atoms with Gasteiger partial charge in [-0.25, -0.2) is 4.99 Å². The molecule has 288 valence electrons. The van der Waals surface area contributed by atoms with E-state index in [9.17, 15) is 0 Å². The van der Waals surface area contributed by atoms with Crippen molar-refractivity contribution in [3.05, 3.63) is 28.6 Å². The summed E-state index contributed by atoms with van der Waals surface area (Å²) in [7, 11) is 44.3. The Balaban J connectivity index is 1.22. The van der Waals surface area contributed by atoms with Gasteiger partial charge in [-0.3, -0.25) is 0 Å². The van der Waals surface area contributed by atoms with Gasteiger partial charge in [0.2, 0.25) is 0 Å². The Labute approximate surface area is 403 Å². The second-order valence-corrected chi connectivity index (χ2v) is 21.8. The summed E-state index contributed by atoms with van der Waals surface area (Å²) in [5.74, 6) is 0. The maximum absolute atomic E-state index is 5.20. The van der Waals surface area contributed by atoms with Crippen LogP contribution in [-0.4, -0.2) is 160 Å². The standard InChI is InChI=1S/C40H44B19N3S2/c41-15-8(11-19(45)24(50)20(46)12-13-21(47)27(53)30(56)33(59)39(13)64-38(11)12)16(42)23(49)22(48)14(15)35-40-34(60-4-61-35)6-3-5(1-2-7(6)63-40)62-36-9(17(43)25(51)28(54)31(36)57)10-18(44)26(52)29(55)32(58)37(10)62/h1-4,35H,41-59H2,(H,60,61). The van der Waals surface area contributed by atoms with E-state index < -0.39 is 0 Å². The number of benzene rings is 6. The molecule has 3 nitrogen and oxygen atoms in total. The van der Waals surface area contributed by atoms with Gasteiger partial charge in [0, 0.05) is 36.2 Å². The van der Waals surface area contributed by atoms with Crippen molar-refractivity contribution in [3.8, 4) is 16.8 Å². The van der Waals surface area contributed by atoms with Crippen molar-refractivity contribution in [2.24, 2.45) is 4.99 Å². The molecule has 0 fully saturated rings. The van der Waals surface area contributed by atoms with Crippen molar-refractivity contribution < 1.29 is 0 Å². The molecular weight excluding hydrogens is 792 g/mol. The van der Waals surface area contributed by atoms with E-state index in [1.54, 1.807) is 0 Å². The highest BCUT2D eigenvalue weighted by Gasteiger charge is 2.31. The zero-order valence-corrected chi connectivity index (χ0v) is 43.2. The van der Waals surface area contributed by atoms with Crippen LogP contribution in [0.3, 0.4) is 0 Å². The average Bonchev–Trinajstić information content (AvgIpc) is 3.98. The molecule has 1 N–H and O–H groups in total. The lowest BCUT2D eigenvalue weighted by Crippen LogP contribution is -2.51. The molecule has 1 aliphatic rings. The fraction of sp³-hybridized carbons (Fsp3) is 0.0250. The molecule has 0 saturated carbocycles. The summed E-state index contributed by atoms with van der Waals surface area (Å²) in [6, 6.07) is 7.14. The molecular formula is C40H44B19N3S2. The van der Waals surface area contributed by atoms with Crippen LogP contribution in [0, 0.1) is 0 Å². The maximum Gasteiger partial charge on any atom is 0.141 e. The lowest BCUT2D eigenvalue weighted by Gasteiger charge is -2.30. The Bertz CT molecular complexity index is 3640. The summed E-state index contributed by atoms with van der Waals surface area (Å²) >= 11 is 3.92. The first-order valence-electron chi connectivity index (χ1n) is 23.1. The van der Waals surface area contributed by atoms with Crippen LogP contribution in [-0.2, 0) is 0 Å². The van der Waals surface area contributed by atoms with Gasteiger partial charge in [-0.1, -0.05) is 71.0 Å². The second-order valence-electron chi connectivity index (χ2n) is 19.7. The van der Waals surface area contributed by atoms with Gasteiger partial charge in [-0.2, -0.15) is 0 Å². The van der Waals surface area contributed by atoms with Crippen LogP contribution in [0.25, 0.3) is 68.9 Å². The molecule has 0 saturated heterocycles. The Morgan fingerprint density at radius 2 is 0.906 bits per heavy atom. The van der Waals surface area contributed by atoms with E-state index in [-0.39, 0.29) is 6.04 Å². The smallest absolute Gasteiger partial charge is 0.141 e.